The number of nitrogens with zero attached hydrogens (tertiary/aromatic N) is 3. The predicted octanol–water partition coefficient (Wildman–Crippen LogP) is 6.27. The Labute approximate surface area is 240 Å². The normalized spacial score (nSPS) is 12.7. The molecule has 2 N–H and O–H groups in total. The Bertz CT molecular complexity index is 1860. The second-order valence-electron chi connectivity index (χ2n) is 9.09. The number of fused-ring (bicyclic) bond motifs is 1. The number of amides is 1. The van der Waals surface area contributed by atoms with E-state index < -0.39 is 40.4 Å². The Morgan fingerprint density at radius 2 is 1.81 bits per heavy atom. The molecule has 0 aliphatic carbocycles. The lowest BCUT2D eigenvalue weighted by molar-refractivity contribution is -0.148. The van der Waals surface area contributed by atoms with Crippen molar-refractivity contribution in [3.8, 4) is 22.1 Å². The fourth-order valence-electron chi connectivity index (χ4n) is 3.90. The maximum Gasteiger partial charge on any atom is 0.409 e. The number of rotatable bonds is 9. The van der Waals surface area contributed by atoms with E-state index in [1.807, 2.05) is 0 Å². The monoisotopic (exact) mass is 619 g/mol. The highest BCUT2D eigenvalue weighted by molar-refractivity contribution is 7.89. The predicted molar refractivity (Wildman–Crippen MR) is 151 cm³/mol. The molecule has 3 aromatic heterocycles. The number of ether oxygens (including phenoxy) is 1. The van der Waals surface area contributed by atoms with Crippen molar-refractivity contribution in [2.75, 3.05) is 16.9 Å². The lowest BCUT2D eigenvalue weighted by Gasteiger charge is -2.22. The van der Waals surface area contributed by atoms with Crippen LogP contribution in [0.5, 0.6) is 11.5 Å². The SMILES string of the molecule is CS(=O)(=O)n1cnc(-c2cc3nccc(Oc4ccc(NC(=O)CC(Nc5ccccc5)C(F)(F)F)cc4F)c3s2)c1. The number of para-hydroxylation sites is 1. The third-order valence-electron chi connectivity index (χ3n) is 5.91. The van der Waals surface area contributed by atoms with Gasteiger partial charge < -0.3 is 15.4 Å². The quantitative estimate of drug-likeness (QED) is 0.187. The highest BCUT2D eigenvalue weighted by Crippen LogP contribution is 2.39. The second kappa shape index (κ2) is 11.4. The largest absolute Gasteiger partial charge is 0.453 e. The molecule has 5 aromatic rings. The topological polar surface area (TPSA) is 115 Å². The van der Waals surface area contributed by atoms with Crippen LogP contribution in [0.1, 0.15) is 6.42 Å². The van der Waals surface area contributed by atoms with E-state index in [-0.39, 0.29) is 22.9 Å². The average molecular weight is 620 g/mol. The number of hydrogen-bond donors (Lipinski definition) is 2. The minimum atomic E-state index is -4.71. The minimum absolute atomic E-state index is 0.0507. The number of imidazole rings is 1. The summed E-state index contributed by atoms with van der Waals surface area (Å²) in [7, 11) is -3.51. The fourth-order valence-corrected chi connectivity index (χ4v) is 5.43. The zero-order chi connectivity index (χ0) is 30.1. The molecule has 0 aliphatic heterocycles. The standard InChI is InChI=1S/C27H21F4N5O4S2/c1-42(38,39)36-14-20(33-15-36)23-12-19-26(41-23)22(9-10-32-19)40-21-8-7-17(11-18(21)28)35-25(37)13-24(27(29,30)31)34-16-5-3-2-4-6-16/h2-12,14-15,24,34H,13H2,1H3,(H,35,37). The summed E-state index contributed by atoms with van der Waals surface area (Å²) in [6, 6.07) is 12.2. The molecule has 0 saturated heterocycles. The molecule has 0 radical (unpaired) electrons. The van der Waals surface area contributed by atoms with Crippen molar-refractivity contribution in [2.45, 2.75) is 18.6 Å². The molecule has 0 saturated carbocycles. The van der Waals surface area contributed by atoms with Crippen LogP contribution >= 0.6 is 11.3 Å². The van der Waals surface area contributed by atoms with E-state index in [4.69, 9.17) is 4.74 Å². The number of hydrogen-bond acceptors (Lipinski definition) is 8. The molecule has 1 unspecified atom stereocenters. The number of carbonyl (C=O) groups excluding carboxylic acids is 1. The van der Waals surface area contributed by atoms with Crippen molar-refractivity contribution in [3.05, 3.63) is 85.2 Å². The number of aromatic nitrogens is 3. The lowest BCUT2D eigenvalue weighted by atomic mass is 10.1. The highest BCUT2D eigenvalue weighted by Gasteiger charge is 2.41. The van der Waals surface area contributed by atoms with Gasteiger partial charge in [-0.3, -0.25) is 9.78 Å². The molecule has 0 aliphatic rings. The Hall–Kier alpha value is -4.50. The number of alkyl halides is 3. The van der Waals surface area contributed by atoms with E-state index in [1.165, 1.54) is 60.4 Å². The van der Waals surface area contributed by atoms with Gasteiger partial charge >= 0.3 is 6.18 Å². The molecule has 0 bridgehead atoms. The van der Waals surface area contributed by atoms with Crippen LogP contribution in [0.15, 0.2) is 79.4 Å². The molecule has 218 valence electrons. The van der Waals surface area contributed by atoms with E-state index in [0.29, 0.717) is 20.8 Å². The van der Waals surface area contributed by atoms with Crippen molar-refractivity contribution in [2.24, 2.45) is 0 Å². The Balaban J connectivity index is 1.30. The summed E-state index contributed by atoms with van der Waals surface area (Å²) in [5.41, 5.74) is 1.05. The zero-order valence-corrected chi connectivity index (χ0v) is 23.2. The molecule has 1 amide bonds. The molecular weight excluding hydrogens is 598 g/mol. The first kappa shape index (κ1) is 29.0. The highest BCUT2D eigenvalue weighted by atomic mass is 32.2. The number of benzene rings is 2. The Kier molecular flexibility index (Phi) is 7.88. The van der Waals surface area contributed by atoms with Crippen molar-refractivity contribution >= 4 is 48.9 Å². The van der Waals surface area contributed by atoms with Crippen LogP contribution in [0.3, 0.4) is 0 Å². The number of thiophene rings is 1. The van der Waals surface area contributed by atoms with Crippen LogP contribution in [0.2, 0.25) is 0 Å². The number of nitrogens with one attached hydrogen (secondary N) is 2. The summed E-state index contributed by atoms with van der Waals surface area (Å²) < 4.78 is 86.4. The van der Waals surface area contributed by atoms with Gasteiger partial charge in [0.15, 0.2) is 11.6 Å². The lowest BCUT2D eigenvalue weighted by Crippen LogP contribution is -2.39. The molecule has 42 heavy (non-hydrogen) atoms. The molecule has 1 atom stereocenters. The van der Waals surface area contributed by atoms with Crippen LogP contribution in [0.4, 0.5) is 28.9 Å². The van der Waals surface area contributed by atoms with Crippen molar-refractivity contribution in [1.29, 1.82) is 0 Å². The molecule has 3 heterocycles. The van der Waals surface area contributed by atoms with E-state index >= 15 is 0 Å². The number of carbonyl (C=O) groups is 1. The zero-order valence-electron chi connectivity index (χ0n) is 21.6. The van der Waals surface area contributed by atoms with E-state index in [9.17, 15) is 30.8 Å². The Morgan fingerprint density at radius 1 is 1.05 bits per heavy atom. The van der Waals surface area contributed by atoms with Gasteiger partial charge in [0.05, 0.1) is 33.5 Å². The molecule has 0 fully saturated rings. The van der Waals surface area contributed by atoms with Gasteiger partial charge in [-0.1, -0.05) is 18.2 Å². The van der Waals surface area contributed by atoms with Gasteiger partial charge in [0.25, 0.3) is 0 Å². The van der Waals surface area contributed by atoms with Crippen molar-refractivity contribution in [3.63, 3.8) is 0 Å². The van der Waals surface area contributed by atoms with Crippen molar-refractivity contribution in [1.82, 2.24) is 13.9 Å². The van der Waals surface area contributed by atoms with E-state index in [2.05, 4.69) is 20.6 Å². The van der Waals surface area contributed by atoms with Crippen LogP contribution in [-0.4, -0.2) is 46.7 Å². The summed E-state index contributed by atoms with van der Waals surface area (Å²) in [6.07, 6.45) is -0.598. The van der Waals surface area contributed by atoms with Gasteiger partial charge in [0.2, 0.25) is 15.9 Å². The van der Waals surface area contributed by atoms with Crippen LogP contribution < -0.4 is 15.4 Å². The third kappa shape index (κ3) is 6.69. The molecule has 0 spiro atoms. The second-order valence-corrected chi connectivity index (χ2v) is 12.0. The first-order chi connectivity index (χ1) is 19.9. The first-order valence-corrected chi connectivity index (χ1v) is 14.8. The average Bonchev–Trinajstić information content (AvgIpc) is 3.58. The number of halogens is 4. The molecule has 5 rings (SSSR count). The minimum Gasteiger partial charge on any atom is -0.453 e. The maximum absolute atomic E-state index is 15.0. The maximum atomic E-state index is 15.0. The van der Waals surface area contributed by atoms with Crippen LogP contribution in [-0.2, 0) is 14.8 Å². The molecule has 15 heteroatoms. The Morgan fingerprint density at radius 3 is 2.48 bits per heavy atom. The number of pyridine rings is 1. The van der Waals surface area contributed by atoms with E-state index in [0.717, 1.165) is 16.3 Å². The van der Waals surface area contributed by atoms with Gasteiger partial charge in [-0.25, -0.2) is 21.8 Å². The summed E-state index contributed by atoms with van der Waals surface area (Å²) in [6.45, 7) is 0. The summed E-state index contributed by atoms with van der Waals surface area (Å²) in [5.74, 6) is -1.77. The first-order valence-electron chi connectivity index (χ1n) is 12.2. The number of anilines is 2. The van der Waals surface area contributed by atoms with Crippen LogP contribution in [0, 0.1) is 5.82 Å². The van der Waals surface area contributed by atoms with Gasteiger partial charge in [0, 0.05) is 35.9 Å². The summed E-state index contributed by atoms with van der Waals surface area (Å²) in [5, 5.41) is 4.59. The van der Waals surface area contributed by atoms with E-state index in [1.54, 1.807) is 24.3 Å². The van der Waals surface area contributed by atoms with Gasteiger partial charge in [-0.05, 0) is 30.3 Å². The molecular formula is C27H21F4N5O4S2. The molecule has 9 nitrogen and oxygen atoms in total. The van der Waals surface area contributed by atoms with Crippen molar-refractivity contribution < 1.29 is 35.5 Å². The third-order valence-corrected chi connectivity index (χ3v) is 8.03. The smallest absolute Gasteiger partial charge is 0.409 e. The molecule has 2 aromatic carbocycles. The van der Waals surface area contributed by atoms with Gasteiger partial charge in [-0.15, -0.1) is 11.3 Å². The summed E-state index contributed by atoms with van der Waals surface area (Å²) in [4.78, 5) is 21.4. The van der Waals surface area contributed by atoms with Gasteiger partial charge in [0.1, 0.15) is 18.1 Å². The van der Waals surface area contributed by atoms with Gasteiger partial charge in [-0.2, -0.15) is 13.2 Å². The summed E-state index contributed by atoms with van der Waals surface area (Å²) >= 11 is 1.21. The van der Waals surface area contributed by atoms with Crippen LogP contribution in [0.25, 0.3) is 20.8 Å². The fraction of sp³-hybridized carbons (Fsp3) is 0.148.